The van der Waals surface area contributed by atoms with Crippen LogP contribution in [-0.2, 0) is 12.0 Å². The number of anilines is 1. The highest BCUT2D eigenvalue weighted by Crippen LogP contribution is 2.40. The standard InChI is InChI=1S/C23H24ClNO3/c1-13-14(2)22(26)28-20-17(13)10-19(24)21-18(20)11-25(12-27-21)16-8-6-15(7-9-16)23(3,4)5/h6-10H,11-12H2,1-5H3. The fourth-order valence-corrected chi connectivity index (χ4v) is 3.88. The van der Waals surface area contributed by atoms with Gasteiger partial charge in [0.1, 0.15) is 11.3 Å². The van der Waals surface area contributed by atoms with Crippen molar-refractivity contribution in [2.24, 2.45) is 0 Å². The molecule has 1 aliphatic heterocycles. The Balaban J connectivity index is 1.79. The fourth-order valence-electron chi connectivity index (χ4n) is 3.60. The molecule has 0 fully saturated rings. The van der Waals surface area contributed by atoms with Crippen molar-refractivity contribution in [2.45, 2.75) is 46.6 Å². The third-order valence-electron chi connectivity index (χ3n) is 5.56. The van der Waals surface area contributed by atoms with E-state index in [4.69, 9.17) is 20.8 Å². The molecule has 0 spiro atoms. The van der Waals surface area contributed by atoms with E-state index in [0.717, 1.165) is 22.2 Å². The number of halogens is 1. The summed E-state index contributed by atoms with van der Waals surface area (Å²) in [7, 11) is 0. The van der Waals surface area contributed by atoms with Gasteiger partial charge >= 0.3 is 5.63 Å². The van der Waals surface area contributed by atoms with Crippen LogP contribution >= 0.6 is 11.6 Å². The summed E-state index contributed by atoms with van der Waals surface area (Å²) in [6.45, 7) is 11.2. The van der Waals surface area contributed by atoms with Crippen molar-refractivity contribution in [2.75, 3.05) is 11.6 Å². The normalized spacial score (nSPS) is 14.1. The topological polar surface area (TPSA) is 42.7 Å². The molecule has 0 amide bonds. The number of rotatable bonds is 1. The van der Waals surface area contributed by atoms with E-state index in [9.17, 15) is 4.79 Å². The van der Waals surface area contributed by atoms with Crippen molar-refractivity contribution < 1.29 is 9.15 Å². The van der Waals surface area contributed by atoms with Crippen molar-refractivity contribution in [3.63, 3.8) is 0 Å². The maximum absolute atomic E-state index is 12.3. The van der Waals surface area contributed by atoms with E-state index in [1.165, 1.54) is 5.56 Å². The Hall–Kier alpha value is -2.46. The number of fused-ring (bicyclic) bond motifs is 3. The van der Waals surface area contributed by atoms with E-state index in [-0.39, 0.29) is 11.0 Å². The first-order valence-corrected chi connectivity index (χ1v) is 9.78. The van der Waals surface area contributed by atoms with Gasteiger partial charge in [-0.1, -0.05) is 44.5 Å². The number of hydrogen-bond donors (Lipinski definition) is 0. The van der Waals surface area contributed by atoms with Crippen LogP contribution in [0.25, 0.3) is 11.0 Å². The SMILES string of the molecule is Cc1c(C)c2cc(Cl)c3c(c2oc1=O)CN(c1ccc(C(C)(C)C)cc1)CO3. The van der Waals surface area contributed by atoms with Crippen molar-refractivity contribution in [3.8, 4) is 5.75 Å². The third kappa shape index (κ3) is 3.06. The minimum atomic E-state index is -0.318. The maximum Gasteiger partial charge on any atom is 0.339 e. The molecule has 0 saturated carbocycles. The van der Waals surface area contributed by atoms with E-state index >= 15 is 0 Å². The predicted molar refractivity (Wildman–Crippen MR) is 114 cm³/mol. The van der Waals surface area contributed by atoms with E-state index in [1.807, 2.05) is 13.0 Å². The maximum atomic E-state index is 12.3. The van der Waals surface area contributed by atoms with Gasteiger partial charge in [-0.15, -0.1) is 0 Å². The zero-order valence-corrected chi connectivity index (χ0v) is 17.6. The Morgan fingerprint density at radius 3 is 2.39 bits per heavy atom. The summed E-state index contributed by atoms with van der Waals surface area (Å²) >= 11 is 6.49. The first-order valence-electron chi connectivity index (χ1n) is 9.40. The van der Waals surface area contributed by atoms with E-state index in [2.05, 4.69) is 49.9 Å². The summed E-state index contributed by atoms with van der Waals surface area (Å²) in [5.41, 5.74) is 4.99. The monoisotopic (exact) mass is 397 g/mol. The molecule has 28 heavy (non-hydrogen) atoms. The molecule has 0 aliphatic carbocycles. The summed E-state index contributed by atoms with van der Waals surface area (Å²) in [5, 5.41) is 1.40. The van der Waals surface area contributed by atoms with E-state index in [1.54, 1.807) is 6.92 Å². The minimum Gasteiger partial charge on any atom is -0.471 e. The molecule has 0 saturated heterocycles. The largest absolute Gasteiger partial charge is 0.471 e. The van der Waals surface area contributed by atoms with Crippen LogP contribution in [0.15, 0.2) is 39.5 Å². The molecule has 3 aromatic rings. The van der Waals surface area contributed by atoms with Gasteiger partial charge in [0, 0.05) is 16.6 Å². The van der Waals surface area contributed by atoms with Crippen LogP contribution in [0.2, 0.25) is 5.02 Å². The molecule has 5 heteroatoms. The third-order valence-corrected chi connectivity index (χ3v) is 5.84. The second kappa shape index (κ2) is 6.56. The summed E-state index contributed by atoms with van der Waals surface area (Å²) in [4.78, 5) is 14.4. The molecule has 146 valence electrons. The van der Waals surface area contributed by atoms with Gasteiger partial charge in [-0.05, 0) is 48.6 Å². The van der Waals surface area contributed by atoms with Gasteiger partial charge in [0.25, 0.3) is 0 Å². The average molecular weight is 398 g/mol. The van der Waals surface area contributed by atoms with Crippen LogP contribution in [0.1, 0.15) is 43.0 Å². The van der Waals surface area contributed by atoms with Gasteiger partial charge in [-0.2, -0.15) is 0 Å². The molecule has 0 N–H and O–H groups in total. The molecule has 0 atom stereocenters. The summed E-state index contributed by atoms with van der Waals surface area (Å²) in [6.07, 6.45) is 0. The quantitative estimate of drug-likeness (QED) is 0.493. The summed E-state index contributed by atoms with van der Waals surface area (Å²) in [5.74, 6) is 0.600. The molecule has 0 radical (unpaired) electrons. The van der Waals surface area contributed by atoms with Crippen LogP contribution in [0, 0.1) is 13.8 Å². The zero-order chi connectivity index (χ0) is 20.2. The van der Waals surface area contributed by atoms with Gasteiger partial charge in [-0.3, -0.25) is 0 Å². The van der Waals surface area contributed by atoms with Gasteiger partial charge < -0.3 is 14.1 Å². The lowest BCUT2D eigenvalue weighted by Gasteiger charge is -2.32. The minimum absolute atomic E-state index is 0.103. The number of nitrogens with zero attached hydrogens (tertiary/aromatic N) is 1. The smallest absolute Gasteiger partial charge is 0.339 e. The number of ether oxygens (including phenoxy) is 1. The lowest BCUT2D eigenvalue weighted by atomic mass is 9.87. The van der Waals surface area contributed by atoms with Gasteiger partial charge in [0.05, 0.1) is 17.1 Å². The second-order valence-electron chi connectivity index (χ2n) is 8.45. The van der Waals surface area contributed by atoms with Crippen molar-refractivity contribution in [1.82, 2.24) is 0 Å². The first-order chi connectivity index (χ1) is 13.2. The van der Waals surface area contributed by atoms with Crippen LogP contribution in [-0.4, -0.2) is 6.73 Å². The Morgan fingerprint density at radius 2 is 1.75 bits per heavy atom. The Kier molecular flexibility index (Phi) is 4.42. The molecule has 0 unspecified atom stereocenters. The Morgan fingerprint density at radius 1 is 1.07 bits per heavy atom. The summed E-state index contributed by atoms with van der Waals surface area (Å²) in [6, 6.07) is 10.3. The van der Waals surface area contributed by atoms with Gasteiger partial charge in [0.15, 0.2) is 6.73 Å². The van der Waals surface area contributed by atoms with Crippen molar-refractivity contribution >= 4 is 28.3 Å². The number of hydrogen-bond acceptors (Lipinski definition) is 4. The van der Waals surface area contributed by atoms with Crippen molar-refractivity contribution in [3.05, 3.63) is 68.0 Å². The van der Waals surface area contributed by atoms with Gasteiger partial charge in [0.2, 0.25) is 0 Å². The molecule has 2 aromatic carbocycles. The van der Waals surface area contributed by atoms with Crippen LogP contribution in [0.3, 0.4) is 0 Å². The second-order valence-corrected chi connectivity index (χ2v) is 8.86. The summed E-state index contributed by atoms with van der Waals surface area (Å²) < 4.78 is 11.6. The number of benzene rings is 2. The molecule has 4 nitrogen and oxygen atoms in total. The van der Waals surface area contributed by atoms with E-state index < -0.39 is 0 Å². The molecular weight excluding hydrogens is 374 g/mol. The highest BCUT2D eigenvalue weighted by Gasteiger charge is 2.26. The molecule has 2 heterocycles. The highest BCUT2D eigenvalue weighted by molar-refractivity contribution is 6.33. The predicted octanol–water partition coefficient (Wildman–Crippen LogP) is 5.72. The lowest BCUT2D eigenvalue weighted by molar-refractivity contribution is 0.289. The molecule has 1 aromatic heterocycles. The molecular formula is C23H24ClNO3. The van der Waals surface area contributed by atoms with Crippen LogP contribution < -0.4 is 15.3 Å². The van der Waals surface area contributed by atoms with Crippen molar-refractivity contribution in [1.29, 1.82) is 0 Å². The Labute approximate surface area is 169 Å². The van der Waals surface area contributed by atoms with Crippen LogP contribution in [0.5, 0.6) is 5.75 Å². The lowest BCUT2D eigenvalue weighted by Crippen LogP contribution is -2.32. The molecule has 1 aliphatic rings. The highest BCUT2D eigenvalue weighted by atomic mass is 35.5. The zero-order valence-electron chi connectivity index (χ0n) is 16.9. The number of aryl methyl sites for hydroxylation is 1. The molecule has 0 bridgehead atoms. The fraction of sp³-hybridized carbons (Fsp3) is 0.348. The van der Waals surface area contributed by atoms with Gasteiger partial charge in [-0.25, -0.2) is 4.79 Å². The molecule has 4 rings (SSSR count). The van der Waals surface area contributed by atoms with Crippen LogP contribution in [0.4, 0.5) is 5.69 Å². The average Bonchev–Trinajstić information content (AvgIpc) is 2.66. The van der Waals surface area contributed by atoms with E-state index in [0.29, 0.717) is 35.2 Å². The Bertz CT molecular complexity index is 1120. The first kappa shape index (κ1) is 18.9.